The first kappa shape index (κ1) is 15.5. The van der Waals surface area contributed by atoms with Crippen molar-refractivity contribution in [3.8, 4) is 0 Å². The van der Waals surface area contributed by atoms with Crippen LogP contribution >= 0.6 is 24.0 Å². The molecule has 1 unspecified atom stereocenters. The zero-order valence-electron chi connectivity index (χ0n) is 9.88. The molecule has 0 fully saturated rings. The van der Waals surface area contributed by atoms with Gasteiger partial charge in [0.1, 0.15) is 0 Å². The predicted octanol–water partition coefficient (Wildman–Crippen LogP) is 0.458. The van der Waals surface area contributed by atoms with E-state index in [9.17, 15) is 4.79 Å². The van der Waals surface area contributed by atoms with E-state index < -0.39 is 0 Å². The molecule has 0 radical (unpaired) electrons. The molecule has 0 aliphatic carbocycles. The molecule has 6 heteroatoms. The molecule has 1 amide bonds. The zero-order chi connectivity index (χ0) is 11.1. The van der Waals surface area contributed by atoms with E-state index in [2.05, 4.69) is 27.9 Å². The van der Waals surface area contributed by atoms with Gasteiger partial charge in [0.25, 0.3) is 0 Å². The third-order valence-electron chi connectivity index (χ3n) is 2.37. The highest BCUT2D eigenvalue weighted by atomic mass is 127. The van der Waals surface area contributed by atoms with Gasteiger partial charge in [0, 0.05) is 26.1 Å². The Morgan fingerprint density at radius 1 is 1.62 bits per heavy atom. The standard InChI is InChI=1S/C10H20N4O.HI/c1-3-4-8-7-13-10(14-8)12-6-5-9(15)11-2;/h8H,3-7H2,1-2H3,(H,11,15)(H2,12,13,14);1H. The minimum absolute atomic E-state index is 0. The lowest BCUT2D eigenvalue weighted by molar-refractivity contribution is -0.120. The molecule has 0 spiro atoms. The van der Waals surface area contributed by atoms with E-state index >= 15 is 0 Å². The molecule has 0 aromatic heterocycles. The van der Waals surface area contributed by atoms with E-state index in [4.69, 9.17) is 0 Å². The van der Waals surface area contributed by atoms with Crippen molar-refractivity contribution >= 4 is 35.8 Å². The zero-order valence-corrected chi connectivity index (χ0v) is 12.2. The second-order valence-corrected chi connectivity index (χ2v) is 3.67. The summed E-state index contributed by atoms with van der Waals surface area (Å²) in [5.74, 6) is 0.878. The van der Waals surface area contributed by atoms with Gasteiger partial charge >= 0.3 is 0 Å². The minimum Gasteiger partial charge on any atom is -0.359 e. The second kappa shape index (κ2) is 8.60. The summed E-state index contributed by atoms with van der Waals surface area (Å²) in [7, 11) is 1.64. The van der Waals surface area contributed by atoms with Crippen LogP contribution in [-0.4, -0.2) is 38.0 Å². The number of halogens is 1. The van der Waals surface area contributed by atoms with Gasteiger partial charge in [0.05, 0.1) is 6.54 Å². The van der Waals surface area contributed by atoms with Crippen molar-refractivity contribution < 1.29 is 4.79 Å². The van der Waals surface area contributed by atoms with E-state index in [1.54, 1.807) is 7.05 Å². The Labute approximate surface area is 114 Å². The molecule has 0 bridgehead atoms. The van der Waals surface area contributed by atoms with E-state index in [1.165, 1.54) is 6.42 Å². The highest BCUT2D eigenvalue weighted by Crippen LogP contribution is 2.01. The SMILES string of the molecule is CCCC1CN=C(NCCC(=O)NC)N1.I. The van der Waals surface area contributed by atoms with Gasteiger partial charge in [-0.3, -0.25) is 9.79 Å². The number of carbonyl (C=O) groups excluding carboxylic acids is 1. The van der Waals surface area contributed by atoms with E-state index in [0.29, 0.717) is 19.0 Å². The van der Waals surface area contributed by atoms with Crippen molar-refractivity contribution in [2.45, 2.75) is 32.2 Å². The van der Waals surface area contributed by atoms with Crippen molar-refractivity contribution in [3.63, 3.8) is 0 Å². The maximum atomic E-state index is 10.9. The molecule has 1 atom stereocenters. The lowest BCUT2D eigenvalue weighted by Crippen LogP contribution is -2.40. The summed E-state index contributed by atoms with van der Waals surface area (Å²) in [5.41, 5.74) is 0. The van der Waals surface area contributed by atoms with Gasteiger partial charge in [-0.25, -0.2) is 0 Å². The Hall–Kier alpha value is -0.530. The van der Waals surface area contributed by atoms with Gasteiger partial charge in [-0.05, 0) is 6.42 Å². The van der Waals surface area contributed by atoms with Gasteiger partial charge < -0.3 is 16.0 Å². The van der Waals surface area contributed by atoms with Crippen LogP contribution < -0.4 is 16.0 Å². The molecule has 1 aliphatic rings. The third-order valence-corrected chi connectivity index (χ3v) is 2.37. The average Bonchev–Trinajstić information content (AvgIpc) is 2.66. The summed E-state index contributed by atoms with van der Waals surface area (Å²) in [6.07, 6.45) is 2.79. The van der Waals surface area contributed by atoms with Crippen molar-refractivity contribution in [2.24, 2.45) is 4.99 Å². The monoisotopic (exact) mass is 340 g/mol. The highest BCUT2D eigenvalue weighted by Gasteiger charge is 2.15. The normalized spacial score (nSPS) is 18.1. The van der Waals surface area contributed by atoms with Crippen molar-refractivity contribution in [3.05, 3.63) is 0 Å². The van der Waals surface area contributed by atoms with Crippen LogP contribution in [0.3, 0.4) is 0 Å². The second-order valence-electron chi connectivity index (χ2n) is 3.67. The maximum Gasteiger partial charge on any atom is 0.221 e. The first-order chi connectivity index (χ1) is 7.26. The Morgan fingerprint density at radius 2 is 2.38 bits per heavy atom. The number of carbonyl (C=O) groups is 1. The van der Waals surface area contributed by atoms with Crippen molar-refractivity contribution in [1.82, 2.24) is 16.0 Å². The van der Waals surface area contributed by atoms with E-state index in [-0.39, 0.29) is 29.9 Å². The number of aliphatic imine (C=N–C) groups is 1. The van der Waals surface area contributed by atoms with Gasteiger partial charge in [-0.2, -0.15) is 0 Å². The molecule has 0 saturated heterocycles. The third kappa shape index (κ3) is 5.53. The summed E-state index contributed by atoms with van der Waals surface area (Å²) in [6.45, 7) is 3.64. The van der Waals surface area contributed by atoms with Crippen LogP contribution in [0.4, 0.5) is 0 Å². The van der Waals surface area contributed by atoms with Crippen molar-refractivity contribution in [2.75, 3.05) is 20.1 Å². The summed E-state index contributed by atoms with van der Waals surface area (Å²) in [6, 6.07) is 0.470. The topological polar surface area (TPSA) is 65.5 Å². The van der Waals surface area contributed by atoms with Gasteiger partial charge in [-0.15, -0.1) is 24.0 Å². The molecule has 0 aromatic rings. The fraction of sp³-hybridized carbons (Fsp3) is 0.800. The quantitative estimate of drug-likeness (QED) is 0.637. The number of nitrogens with zero attached hydrogens (tertiary/aromatic N) is 1. The number of rotatable bonds is 5. The Kier molecular flexibility index (Phi) is 8.32. The van der Waals surface area contributed by atoms with Crippen LogP contribution in [0.25, 0.3) is 0 Å². The summed E-state index contributed by atoms with van der Waals surface area (Å²) >= 11 is 0. The van der Waals surface area contributed by atoms with Gasteiger partial charge in [0.2, 0.25) is 5.91 Å². The number of hydrogen-bond acceptors (Lipinski definition) is 4. The smallest absolute Gasteiger partial charge is 0.221 e. The lowest BCUT2D eigenvalue weighted by Gasteiger charge is -2.11. The first-order valence-electron chi connectivity index (χ1n) is 5.51. The molecule has 0 aromatic carbocycles. The van der Waals surface area contributed by atoms with Gasteiger partial charge in [-0.1, -0.05) is 13.3 Å². The summed E-state index contributed by atoms with van der Waals surface area (Å²) < 4.78 is 0. The molecular weight excluding hydrogens is 319 g/mol. The average molecular weight is 340 g/mol. The van der Waals surface area contributed by atoms with Crippen LogP contribution in [0.2, 0.25) is 0 Å². The molecule has 16 heavy (non-hydrogen) atoms. The molecule has 1 rings (SSSR count). The lowest BCUT2D eigenvalue weighted by atomic mass is 10.2. The molecule has 5 nitrogen and oxygen atoms in total. The summed E-state index contributed by atoms with van der Waals surface area (Å²) in [4.78, 5) is 15.3. The Morgan fingerprint density at radius 3 is 3.00 bits per heavy atom. The van der Waals surface area contributed by atoms with Crippen LogP contribution in [0.15, 0.2) is 4.99 Å². The van der Waals surface area contributed by atoms with Crippen molar-refractivity contribution in [1.29, 1.82) is 0 Å². The van der Waals surface area contributed by atoms with Gasteiger partial charge in [0.15, 0.2) is 5.96 Å². The summed E-state index contributed by atoms with van der Waals surface area (Å²) in [5, 5.41) is 8.98. The first-order valence-corrected chi connectivity index (χ1v) is 5.51. The maximum absolute atomic E-state index is 10.9. The van der Waals surface area contributed by atoms with E-state index in [0.717, 1.165) is 18.9 Å². The molecule has 94 valence electrons. The van der Waals surface area contributed by atoms with Crippen LogP contribution in [0.1, 0.15) is 26.2 Å². The number of amides is 1. The number of guanidine groups is 1. The van der Waals surface area contributed by atoms with Crippen LogP contribution in [0, 0.1) is 0 Å². The van der Waals surface area contributed by atoms with Crippen LogP contribution in [0.5, 0.6) is 0 Å². The molecule has 1 heterocycles. The fourth-order valence-electron chi connectivity index (χ4n) is 1.52. The largest absolute Gasteiger partial charge is 0.359 e. The Bertz CT molecular complexity index is 245. The molecule has 3 N–H and O–H groups in total. The Balaban J connectivity index is 0.00000225. The highest BCUT2D eigenvalue weighted by molar-refractivity contribution is 14.0. The molecular formula is C10H21IN4O. The van der Waals surface area contributed by atoms with Crippen LogP contribution in [-0.2, 0) is 4.79 Å². The number of nitrogens with one attached hydrogen (secondary N) is 3. The number of hydrogen-bond donors (Lipinski definition) is 3. The predicted molar refractivity (Wildman–Crippen MR) is 76.2 cm³/mol. The molecule has 1 aliphatic heterocycles. The minimum atomic E-state index is 0. The fourth-order valence-corrected chi connectivity index (χ4v) is 1.52. The molecule has 0 saturated carbocycles. The van der Waals surface area contributed by atoms with E-state index in [1.807, 2.05) is 0 Å².